The first-order valence-electron chi connectivity index (χ1n) is 11.5. The number of hydrogen-bond donors (Lipinski definition) is 1. The van der Waals surface area contributed by atoms with Crippen LogP contribution in [0, 0.1) is 0 Å². The van der Waals surface area contributed by atoms with E-state index in [1.807, 2.05) is 36.4 Å². The minimum absolute atomic E-state index is 0.0813. The number of fused-ring (bicyclic) bond motifs is 1. The van der Waals surface area contributed by atoms with E-state index in [0.29, 0.717) is 12.1 Å². The Morgan fingerprint density at radius 2 is 1.70 bits per heavy atom. The molecular formula is C29H28N2O2. The second kappa shape index (κ2) is 9.37. The maximum absolute atomic E-state index is 12.7. The Kier molecular flexibility index (Phi) is 5.99. The number of hydrogen-bond acceptors (Lipinski definition) is 2. The molecule has 4 nitrogen and oxygen atoms in total. The molecule has 166 valence electrons. The Labute approximate surface area is 194 Å². The van der Waals surface area contributed by atoms with E-state index >= 15 is 0 Å². The van der Waals surface area contributed by atoms with Gasteiger partial charge >= 0.3 is 0 Å². The number of benzene rings is 3. The van der Waals surface area contributed by atoms with E-state index in [0.717, 1.165) is 29.8 Å². The summed E-state index contributed by atoms with van der Waals surface area (Å²) >= 11 is 0. The highest BCUT2D eigenvalue weighted by Gasteiger charge is 2.20. The molecule has 1 heterocycles. The molecule has 1 N–H and O–H groups in total. The minimum atomic E-state index is -0.0813. The van der Waals surface area contributed by atoms with Gasteiger partial charge < -0.3 is 14.6 Å². The highest BCUT2D eigenvalue weighted by Crippen LogP contribution is 2.33. The number of carbonyl (C=O) groups excluding carboxylic acids is 1. The fourth-order valence-electron chi connectivity index (χ4n) is 4.64. The normalized spacial score (nSPS) is 12.8. The molecule has 0 spiro atoms. The number of rotatable bonds is 6. The van der Waals surface area contributed by atoms with Crippen molar-refractivity contribution in [1.82, 2.24) is 9.88 Å². The van der Waals surface area contributed by atoms with Crippen molar-refractivity contribution in [2.45, 2.75) is 32.2 Å². The van der Waals surface area contributed by atoms with E-state index in [9.17, 15) is 4.79 Å². The lowest BCUT2D eigenvalue weighted by molar-refractivity contribution is 0.0951. The molecule has 4 heteroatoms. The van der Waals surface area contributed by atoms with Gasteiger partial charge in [0.25, 0.3) is 5.91 Å². The third-order valence-electron chi connectivity index (χ3n) is 6.35. The van der Waals surface area contributed by atoms with Gasteiger partial charge in [-0.1, -0.05) is 42.5 Å². The fraction of sp³-hybridized carbons (Fsp3) is 0.207. The number of carbonyl (C=O) groups is 1. The van der Waals surface area contributed by atoms with Crippen LogP contribution in [0.5, 0.6) is 5.75 Å². The first-order valence-corrected chi connectivity index (χ1v) is 11.5. The van der Waals surface area contributed by atoms with Gasteiger partial charge in [0.05, 0.1) is 12.8 Å². The maximum atomic E-state index is 12.7. The molecule has 1 aromatic heterocycles. The highest BCUT2D eigenvalue weighted by atomic mass is 16.5. The zero-order valence-electron chi connectivity index (χ0n) is 18.9. The molecule has 1 amide bonds. The average Bonchev–Trinajstić information content (AvgIpc) is 3.28. The molecule has 1 aliphatic rings. The van der Waals surface area contributed by atoms with Gasteiger partial charge in [-0.05, 0) is 84.8 Å². The van der Waals surface area contributed by atoms with E-state index in [4.69, 9.17) is 4.74 Å². The van der Waals surface area contributed by atoms with E-state index in [1.165, 1.54) is 35.4 Å². The number of nitrogens with one attached hydrogen (secondary N) is 1. The van der Waals surface area contributed by atoms with Crippen LogP contribution in [0.3, 0.4) is 0 Å². The first kappa shape index (κ1) is 21.1. The molecule has 5 rings (SSSR count). The molecule has 0 unspecified atom stereocenters. The van der Waals surface area contributed by atoms with Crippen molar-refractivity contribution in [1.29, 1.82) is 0 Å². The van der Waals surface area contributed by atoms with Crippen molar-refractivity contribution >= 4 is 5.91 Å². The number of methoxy groups -OCH3 is 1. The Bertz CT molecular complexity index is 1260. The van der Waals surface area contributed by atoms with E-state index in [1.54, 1.807) is 7.11 Å². The maximum Gasteiger partial charge on any atom is 0.251 e. The quantitative estimate of drug-likeness (QED) is 0.405. The van der Waals surface area contributed by atoms with E-state index in [2.05, 4.69) is 58.4 Å². The molecule has 1 aliphatic carbocycles. The van der Waals surface area contributed by atoms with Crippen LogP contribution in [0.1, 0.15) is 40.0 Å². The zero-order chi connectivity index (χ0) is 22.6. The molecule has 0 bridgehead atoms. The molecule has 0 saturated carbocycles. The van der Waals surface area contributed by atoms with Crippen LogP contribution in [-0.4, -0.2) is 17.6 Å². The molecule has 0 fully saturated rings. The number of nitrogens with zero attached hydrogens (tertiary/aromatic N) is 1. The topological polar surface area (TPSA) is 43.3 Å². The van der Waals surface area contributed by atoms with Crippen molar-refractivity contribution < 1.29 is 9.53 Å². The number of aromatic nitrogens is 1. The predicted molar refractivity (Wildman–Crippen MR) is 132 cm³/mol. The SMILES string of the molecule is COc1cccc(CNC(=O)c2ccc(-n3c(-c4ccccc4)cc4c3CCCC4)cc2)c1. The summed E-state index contributed by atoms with van der Waals surface area (Å²) in [6.07, 6.45) is 4.69. The van der Waals surface area contributed by atoms with E-state index < -0.39 is 0 Å². The van der Waals surface area contributed by atoms with Gasteiger partial charge in [0.15, 0.2) is 0 Å². The van der Waals surface area contributed by atoms with Gasteiger partial charge in [0, 0.05) is 23.5 Å². The molecule has 0 saturated heterocycles. The van der Waals surface area contributed by atoms with E-state index in [-0.39, 0.29) is 5.91 Å². The summed E-state index contributed by atoms with van der Waals surface area (Å²) < 4.78 is 7.64. The third kappa shape index (κ3) is 4.42. The summed E-state index contributed by atoms with van der Waals surface area (Å²) in [5.41, 5.74) is 8.04. The average molecular weight is 437 g/mol. The van der Waals surface area contributed by atoms with Crippen LogP contribution in [0.4, 0.5) is 0 Å². The van der Waals surface area contributed by atoms with Crippen LogP contribution in [0.2, 0.25) is 0 Å². The molecule has 4 aromatic rings. The summed E-state index contributed by atoms with van der Waals surface area (Å²) in [6.45, 7) is 0.459. The van der Waals surface area contributed by atoms with Crippen molar-refractivity contribution in [3.63, 3.8) is 0 Å². The Morgan fingerprint density at radius 3 is 2.48 bits per heavy atom. The van der Waals surface area contributed by atoms with Gasteiger partial charge in [-0.2, -0.15) is 0 Å². The molecule has 33 heavy (non-hydrogen) atoms. The summed E-state index contributed by atoms with van der Waals surface area (Å²) in [5.74, 6) is 0.706. The number of ether oxygens (including phenoxy) is 1. The summed E-state index contributed by atoms with van der Waals surface area (Å²) in [7, 11) is 1.64. The van der Waals surface area contributed by atoms with Gasteiger partial charge in [-0.25, -0.2) is 0 Å². The lowest BCUT2D eigenvalue weighted by atomic mass is 9.98. The molecule has 3 aromatic carbocycles. The number of aryl methyl sites for hydroxylation is 1. The van der Waals surface area contributed by atoms with Gasteiger partial charge in [-0.15, -0.1) is 0 Å². The summed E-state index contributed by atoms with van der Waals surface area (Å²) in [4.78, 5) is 12.7. The van der Waals surface area contributed by atoms with Crippen molar-refractivity contribution in [2.75, 3.05) is 7.11 Å². The largest absolute Gasteiger partial charge is 0.497 e. The van der Waals surface area contributed by atoms with Gasteiger partial charge in [0.2, 0.25) is 0 Å². The summed E-state index contributed by atoms with van der Waals surface area (Å²) in [6, 6.07) is 28.6. The van der Waals surface area contributed by atoms with Crippen LogP contribution < -0.4 is 10.1 Å². The predicted octanol–water partition coefficient (Wildman–Crippen LogP) is 5.96. The van der Waals surface area contributed by atoms with Crippen LogP contribution >= 0.6 is 0 Å². The Hall–Kier alpha value is -3.79. The van der Waals surface area contributed by atoms with Gasteiger partial charge in [-0.3, -0.25) is 4.79 Å². The molecule has 0 aliphatic heterocycles. The van der Waals surface area contributed by atoms with Crippen LogP contribution in [0.15, 0.2) is 84.9 Å². The summed E-state index contributed by atoms with van der Waals surface area (Å²) in [5, 5.41) is 3.01. The molecule has 0 atom stereocenters. The third-order valence-corrected chi connectivity index (χ3v) is 6.35. The monoisotopic (exact) mass is 436 g/mol. The minimum Gasteiger partial charge on any atom is -0.497 e. The number of amides is 1. The van der Waals surface area contributed by atoms with Crippen molar-refractivity contribution in [3.05, 3.63) is 107 Å². The molecular weight excluding hydrogens is 408 g/mol. The standard InChI is InChI=1S/C29H28N2O2/c1-33-26-12-7-8-21(18-26)20-30-29(32)23-14-16-25(17-15-23)31-27-13-6-5-11-24(27)19-28(31)22-9-3-2-4-10-22/h2-4,7-10,12,14-19H,5-6,11,13,20H2,1H3,(H,30,32). The van der Waals surface area contributed by atoms with Crippen molar-refractivity contribution in [3.8, 4) is 22.7 Å². The van der Waals surface area contributed by atoms with Crippen LogP contribution in [0.25, 0.3) is 16.9 Å². The lowest BCUT2D eigenvalue weighted by Gasteiger charge is -2.18. The van der Waals surface area contributed by atoms with Crippen LogP contribution in [-0.2, 0) is 19.4 Å². The lowest BCUT2D eigenvalue weighted by Crippen LogP contribution is -2.22. The van der Waals surface area contributed by atoms with Crippen molar-refractivity contribution in [2.24, 2.45) is 0 Å². The zero-order valence-corrected chi connectivity index (χ0v) is 18.9. The Morgan fingerprint density at radius 1 is 0.909 bits per heavy atom. The van der Waals surface area contributed by atoms with Gasteiger partial charge in [0.1, 0.15) is 5.75 Å². The highest BCUT2D eigenvalue weighted by molar-refractivity contribution is 5.94. The second-order valence-electron chi connectivity index (χ2n) is 8.49. The molecule has 0 radical (unpaired) electrons. The second-order valence-corrected chi connectivity index (χ2v) is 8.49. The smallest absolute Gasteiger partial charge is 0.251 e. The first-order chi connectivity index (χ1) is 16.2. The fourth-order valence-corrected chi connectivity index (χ4v) is 4.64. The Balaban J connectivity index is 1.39.